The smallest absolute Gasteiger partial charge is 0.338 e. The Hall–Kier alpha value is -3.40. The molecule has 0 fully saturated rings. The van der Waals surface area contributed by atoms with E-state index < -0.39 is 12.0 Å². The van der Waals surface area contributed by atoms with E-state index in [1.54, 1.807) is 52.2 Å². The number of halogens is 2. The molecule has 0 radical (unpaired) electrons. The average Bonchev–Trinajstić information content (AvgIpc) is 3.47. The first kappa shape index (κ1) is 27.2. The van der Waals surface area contributed by atoms with Crippen LogP contribution in [0.4, 0.5) is 0 Å². The molecule has 1 aliphatic heterocycles. The highest BCUT2D eigenvalue weighted by Gasteiger charge is 2.35. The highest BCUT2D eigenvalue weighted by molar-refractivity contribution is 9.10. The van der Waals surface area contributed by atoms with Crippen LogP contribution in [-0.4, -0.2) is 23.8 Å². The van der Waals surface area contributed by atoms with E-state index >= 15 is 0 Å². The molecule has 0 bridgehead atoms. The number of thiazole rings is 1. The predicted molar refractivity (Wildman–Crippen MR) is 155 cm³/mol. The van der Waals surface area contributed by atoms with Crippen LogP contribution in [0.2, 0.25) is 5.02 Å². The van der Waals surface area contributed by atoms with E-state index in [1.165, 1.54) is 15.9 Å². The third-order valence-corrected chi connectivity index (χ3v) is 7.79. The zero-order valence-electron chi connectivity index (χ0n) is 21.5. The second-order valence-electron chi connectivity index (χ2n) is 9.13. The van der Waals surface area contributed by atoms with E-state index in [9.17, 15) is 9.59 Å². The van der Waals surface area contributed by atoms with Crippen LogP contribution in [-0.2, 0) is 9.53 Å². The molecule has 0 spiro atoms. The minimum atomic E-state index is -0.805. The van der Waals surface area contributed by atoms with E-state index in [4.69, 9.17) is 25.5 Å². The highest BCUT2D eigenvalue weighted by Crippen LogP contribution is 2.37. The molecule has 7 nitrogen and oxygen atoms in total. The zero-order chi connectivity index (χ0) is 27.8. The Labute approximate surface area is 241 Å². The summed E-state index contributed by atoms with van der Waals surface area (Å²) in [7, 11) is 1.55. The largest absolute Gasteiger partial charge is 0.496 e. The lowest BCUT2D eigenvalue weighted by molar-refractivity contribution is -0.143. The van der Waals surface area contributed by atoms with Crippen LogP contribution < -0.4 is 19.6 Å². The van der Waals surface area contributed by atoms with Gasteiger partial charge in [-0.3, -0.25) is 9.36 Å². The molecule has 39 heavy (non-hydrogen) atoms. The second-order valence-corrected chi connectivity index (χ2v) is 11.5. The van der Waals surface area contributed by atoms with E-state index in [-0.39, 0.29) is 17.2 Å². The van der Waals surface area contributed by atoms with Crippen LogP contribution >= 0.6 is 38.9 Å². The number of hydrogen-bond donors (Lipinski definition) is 0. The molecule has 4 aromatic rings. The summed E-state index contributed by atoms with van der Waals surface area (Å²) in [6.45, 7) is 5.30. The summed E-state index contributed by atoms with van der Waals surface area (Å²) in [6.07, 6.45) is 1.33. The third kappa shape index (κ3) is 5.39. The van der Waals surface area contributed by atoms with Crippen molar-refractivity contribution in [2.24, 2.45) is 4.99 Å². The van der Waals surface area contributed by atoms with Gasteiger partial charge in [-0.2, -0.15) is 0 Å². The number of hydrogen-bond acceptors (Lipinski definition) is 7. The number of carbonyl (C=O) groups excluding carboxylic acids is 1. The molecule has 0 amide bonds. The molecule has 0 unspecified atom stereocenters. The molecule has 1 aliphatic rings. The fourth-order valence-electron chi connectivity index (χ4n) is 4.43. The van der Waals surface area contributed by atoms with Gasteiger partial charge in [0, 0.05) is 26.7 Å². The summed E-state index contributed by atoms with van der Waals surface area (Å²) in [5.74, 6) is 1.12. The van der Waals surface area contributed by atoms with Crippen molar-refractivity contribution < 1.29 is 18.7 Å². The van der Waals surface area contributed by atoms with E-state index in [1.807, 2.05) is 36.4 Å². The van der Waals surface area contributed by atoms with Crippen molar-refractivity contribution >= 4 is 50.9 Å². The molecule has 1 atom stereocenters. The maximum Gasteiger partial charge on any atom is 0.338 e. The summed E-state index contributed by atoms with van der Waals surface area (Å²) in [6, 6.07) is 15.6. The minimum absolute atomic E-state index is 0.278. The minimum Gasteiger partial charge on any atom is -0.496 e. The number of allylic oxidation sites excluding steroid dienone is 1. The maximum atomic E-state index is 13.9. The van der Waals surface area contributed by atoms with Gasteiger partial charge in [0.2, 0.25) is 0 Å². The van der Waals surface area contributed by atoms with Crippen LogP contribution in [0.15, 0.2) is 84.5 Å². The molecule has 200 valence electrons. The molecule has 2 aromatic carbocycles. The number of methoxy groups -OCH3 is 1. The second kappa shape index (κ2) is 11.0. The first-order valence-corrected chi connectivity index (χ1v) is 14.1. The van der Waals surface area contributed by atoms with Gasteiger partial charge in [0.25, 0.3) is 5.56 Å². The summed E-state index contributed by atoms with van der Waals surface area (Å²) >= 11 is 10.9. The Morgan fingerprint density at radius 3 is 2.72 bits per heavy atom. The molecular formula is C29H24BrClN2O5S. The molecule has 0 aliphatic carbocycles. The third-order valence-electron chi connectivity index (χ3n) is 6.08. The zero-order valence-corrected chi connectivity index (χ0v) is 24.7. The van der Waals surface area contributed by atoms with E-state index in [0.717, 1.165) is 10.0 Å². The maximum absolute atomic E-state index is 13.9. The number of furan rings is 1. The fraction of sp³-hybridized carbons (Fsp3) is 0.207. The van der Waals surface area contributed by atoms with Gasteiger partial charge in [-0.05, 0) is 63.2 Å². The number of rotatable bonds is 6. The summed E-state index contributed by atoms with van der Waals surface area (Å²) < 4.78 is 19.9. The van der Waals surface area contributed by atoms with Gasteiger partial charge in [0.1, 0.15) is 23.3 Å². The molecule has 2 aromatic heterocycles. The molecule has 10 heteroatoms. The highest BCUT2D eigenvalue weighted by atomic mass is 79.9. The van der Waals surface area contributed by atoms with Crippen molar-refractivity contribution in [1.29, 1.82) is 0 Å². The summed E-state index contributed by atoms with van der Waals surface area (Å²) in [4.78, 5) is 32.3. The van der Waals surface area contributed by atoms with Gasteiger partial charge in [-0.15, -0.1) is 0 Å². The Morgan fingerprint density at radius 1 is 1.21 bits per heavy atom. The van der Waals surface area contributed by atoms with Gasteiger partial charge >= 0.3 is 5.97 Å². The lowest BCUT2D eigenvalue weighted by Gasteiger charge is -2.26. The lowest BCUT2D eigenvalue weighted by atomic mass is 9.95. The van der Waals surface area contributed by atoms with Crippen LogP contribution in [0.5, 0.6) is 5.75 Å². The van der Waals surface area contributed by atoms with Gasteiger partial charge < -0.3 is 13.9 Å². The summed E-state index contributed by atoms with van der Waals surface area (Å²) in [5.41, 5.74) is 1.90. The molecule has 0 saturated carbocycles. The quantitative estimate of drug-likeness (QED) is 0.250. The fourth-order valence-corrected chi connectivity index (χ4v) is 6.03. The van der Waals surface area contributed by atoms with Gasteiger partial charge in [-0.1, -0.05) is 51.0 Å². The number of nitrogens with zero attached hydrogens (tertiary/aromatic N) is 2. The van der Waals surface area contributed by atoms with Gasteiger partial charge in [0.15, 0.2) is 4.80 Å². The standard InChI is InChI=1S/C29H24BrClN2O5S/c1-15(2)37-28(35)25-16(3)32-29-33(26(25)21-13-18(30)8-10-23(21)36-4)27(34)24(39-29)14-20-9-11-22(38-20)17-6-5-7-19(31)12-17/h5-15,26H,1-4H3/b24-14-/t26-/m0/s1. The normalized spacial score (nSPS) is 15.4. The van der Waals surface area contributed by atoms with Crippen LogP contribution in [0.3, 0.4) is 0 Å². The van der Waals surface area contributed by atoms with Crippen molar-refractivity contribution in [3.8, 4) is 17.1 Å². The van der Waals surface area contributed by atoms with Gasteiger partial charge in [-0.25, -0.2) is 9.79 Å². The lowest BCUT2D eigenvalue weighted by Crippen LogP contribution is -2.40. The monoisotopic (exact) mass is 626 g/mol. The molecule has 0 saturated heterocycles. The Bertz CT molecular complexity index is 1800. The van der Waals surface area contributed by atoms with Gasteiger partial charge in [0.05, 0.1) is 29.0 Å². The summed E-state index contributed by atoms with van der Waals surface area (Å²) in [5, 5.41) is 0.601. The van der Waals surface area contributed by atoms with Crippen molar-refractivity contribution in [2.45, 2.75) is 32.9 Å². The van der Waals surface area contributed by atoms with E-state index in [2.05, 4.69) is 20.9 Å². The topological polar surface area (TPSA) is 83.0 Å². The molecule has 0 N–H and O–H groups in total. The first-order valence-electron chi connectivity index (χ1n) is 12.1. The van der Waals surface area contributed by atoms with Crippen molar-refractivity contribution in [2.75, 3.05) is 7.11 Å². The van der Waals surface area contributed by atoms with Crippen LogP contribution in [0, 0.1) is 0 Å². The SMILES string of the molecule is COc1ccc(Br)cc1[C@H]1C(C(=O)OC(C)C)=C(C)N=c2s/c(=C\c3ccc(-c4cccc(Cl)c4)o3)c(=O)n21. The van der Waals surface area contributed by atoms with Crippen molar-refractivity contribution in [1.82, 2.24) is 4.57 Å². The van der Waals surface area contributed by atoms with Crippen LogP contribution in [0.1, 0.15) is 38.1 Å². The number of benzene rings is 2. The number of carbonyl (C=O) groups is 1. The molecular weight excluding hydrogens is 604 g/mol. The predicted octanol–water partition coefficient (Wildman–Crippen LogP) is 5.87. The Kier molecular flexibility index (Phi) is 7.66. The van der Waals surface area contributed by atoms with Crippen molar-refractivity contribution in [3.05, 3.63) is 106 Å². The van der Waals surface area contributed by atoms with Crippen LogP contribution in [0.25, 0.3) is 17.4 Å². The first-order chi connectivity index (χ1) is 18.7. The number of aromatic nitrogens is 1. The van der Waals surface area contributed by atoms with E-state index in [0.29, 0.717) is 42.9 Å². The number of ether oxygens (including phenoxy) is 2. The Morgan fingerprint density at radius 2 is 2.00 bits per heavy atom. The molecule has 3 heterocycles. The number of fused-ring (bicyclic) bond motifs is 1. The average molecular weight is 628 g/mol. The molecule has 5 rings (SSSR count). The number of esters is 1. The van der Waals surface area contributed by atoms with Crippen molar-refractivity contribution in [3.63, 3.8) is 0 Å². The Balaban J connectivity index is 1.68.